The fraction of sp³-hybridized carbons (Fsp3) is 0.435. The molecule has 2 saturated heterocycles. The number of nitrogens with one attached hydrogen (secondary N) is 1. The van der Waals surface area contributed by atoms with Crippen LogP contribution in [0.5, 0.6) is 0 Å². The molecule has 1 aromatic carbocycles. The Morgan fingerprint density at radius 3 is 2.83 bits per heavy atom. The normalized spacial score (nSPS) is 21.7. The Morgan fingerprint density at radius 2 is 2.07 bits per heavy atom. The molecule has 30 heavy (non-hydrogen) atoms. The van der Waals surface area contributed by atoms with E-state index in [1.54, 1.807) is 6.26 Å². The molecule has 1 N–H and O–H groups in total. The smallest absolute Gasteiger partial charge is 0.194 e. The minimum atomic E-state index is 0. The maximum Gasteiger partial charge on any atom is 0.194 e. The maximum atomic E-state index is 6.12. The van der Waals surface area contributed by atoms with Gasteiger partial charge in [0.25, 0.3) is 0 Å². The van der Waals surface area contributed by atoms with Crippen molar-refractivity contribution in [3.63, 3.8) is 0 Å². The van der Waals surface area contributed by atoms with Crippen LogP contribution >= 0.6 is 24.0 Å². The van der Waals surface area contributed by atoms with Crippen LogP contribution < -0.4 is 5.32 Å². The highest BCUT2D eigenvalue weighted by atomic mass is 127. The Labute approximate surface area is 196 Å². The van der Waals surface area contributed by atoms with E-state index in [0.29, 0.717) is 19.1 Å². The van der Waals surface area contributed by atoms with Crippen LogP contribution in [0, 0.1) is 0 Å². The number of morpholine rings is 1. The van der Waals surface area contributed by atoms with Crippen LogP contribution in [-0.2, 0) is 17.7 Å². The van der Waals surface area contributed by atoms with E-state index in [0.717, 1.165) is 50.9 Å². The molecule has 2 aliphatic rings. The number of nitrogens with zero attached hydrogens (tertiary/aromatic N) is 3. The second-order valence-corrected chi connectivity index (χ2v) is 7.54. The highest BCUT2D eigenvalue weighted by Gasteiger charge is 2.41. The molecular formula is C23H31IN4O2. The molecule has 0 bridgehead atoms. The lowest BCUT2D eigenvalue weighted by Gasteiger charge is -2.36. The van der Waals surface area contributed by atoms with E-state index in [1.807, 2.05) is 18.2 Å². The summed E-state index contributed by atoms with van der Waals surface area (Å²) in [5.41, 5.74) is 1.35. The molecule has 0 spiro atoms. The van der Waals surface area contributed by atoms with E-state index in [-0.39, 0.29) is 30.1 Å². The van der Waals surface area contributed by atoms with Gasteiger partial charge in [-0.25, -0.2) is 0 Å². The van der Waals surface area contributed by atoms with E-state index >= 15 is 0 Å². The average molecular weight is 522 g/mol. The second kappa shape index (κ2) is 11.5. The summed E-state index contributed by atoms with van der Waals surface area (Å²) in [5.74, 6) is 1.89. The van der Waals surface area contributed by atoms with Crippen LogP contribution in [-0.4, -0.2) is 67.2 Å². The first-order chi connectivity index (χ1) is 14.3. The molecule has 4 rings (SSSR count). The zero-order valence-electron chi connectivity index (χ0n) is 17.3. The Morgan fingerprint density at radius 1 is 1.20 bits per heavy atom. The summed E-state index contributed by atoms with van der Waals surface area (Å²) in [6, 6.07) is 15.0. The topological polar surface area (TPSA) is 53.2 Å². The van der Waals surface area contributed by atoms with Crippen molar-refractivity contribution in [2.75, 3.05) is 39.3 Å². The summed E-state index contributed by atoms with van der Waals surface area (Å²) in [6.45, 7) is 9.70. The van der Waals surface area contributed by atoms with Crippen LogP contribution in [0.25, 0.3) is 0 Å². The average Bonchev–Trinajstić information content (AvgIpc) is 3.41. The molecule has 1 aromatic heterocycles. The monoisotopic (exact) mass is 522 g/mol. The maximum absolute atomic E-state index is 6.12. The molecule has 0 aliphatic carbocycles. The number of fused-ring (bicyclic) bond motifs is 1. The molecule has 2 aromatic rings. The van der Waals surface area contributed by atoms with Gasteiger partial charge in [0, 0.05) is 45.7 Å². The number of benzene rings is 1. The van der Waals surface area contributed by atoms with Crippen molar-refractivity contribution in [3.05, 3.63) is 72.7 Å². The molecule has 6 nitrogen and oxygen atoms in total. The van der Waals surface area contributed by atoms with Gasteiger partial charge < -0.3 is 19.4 Å². The summed E-state index contributed by atoms with van der Waals surface area (Å²) >= 11 is 0. The summed E-state index contributed by atoms with van der Waals surface area (Å²) in [7, 11) is 0. The van der Waals surface area contributed by atoms with Gasteiger partial charge in [-0.05, 0) is 17.7 Å². The minimum Gasteiger partial charge on any atom is -0.469 e. The fourth-order valence-electron chi connectivity index (χ4n) is 4.10. The Hall–Kier alpha value is -1.84. The largest absolute Gasteiger partial charge is 0.469 e. The van der Waals surface area contributed by atoms with Crippen molar-refractivity contribution in [3.8, 4) is 0 Å². The van der Waals surface area contributed by atoms with Crippen molar-refractivity contribution in [1.29, 1.82) is 0 Å². The van der Waals surface area contributed by atoms with Crippen LogP contribution in [0.3, 0.4) is 0 Å². The number of likely N-dealkylation sites (tertiary alicyclic amines) is 1. The zero-order chi connectivity index (χ0) is 19.9. The summed E-state index contributed by atoms with van der Waals surface area (Å²) < 4.78 is 11.5. The zero-order valence-corrected chi connectivity index (χ0v) is 19.6. The predicted octanol–water partition coefficient (Wildman–Crippen LogP) is 3.16. The van der Waals surface area contributed by atoms with E-state index in [2.05, 4.69) is 52.0 Å². The molecule has 2 unspecified atom stereocenters. The Balaban J connectivity index is 0.00000256. The first kappa shape index (κ1) is 22.8. The Kier molecular flexibility index (Phi) is 8.77. The van der Waals surface area contributed by atoms with E-state index in [1.165, 1.54) is 5.56 Å². The van der Waals surface area contributed by atoms with E-state index in [9.17, 15) is 0 Å². The highest BCUT2D eigenvalue weighted by molar-refractivity contribution is 14.0. The molecule has 0 radical (unpaired) electrons. The molecule has 0 amide bonds. The second-order valence-electron chi connectivity index (χ2n) is 7.54. The van der Waals surface area contributed by atoms with Gasteiger partial charge in [-0.1, -0.05) is 36.4 Å². The van der Waals surface area contributed by atoms with Gasteiger partial charge in [0.1, 0.15) is 5.76 Å². The standard InChI is InChI=1S/C23H30N4O2.HI/c1-2-11-24-23(25-12-10-20-9-6-14-28-20)27-17-21-22(18-27)29-15-13-26(21)16-19-7-4-3-5-8-19;/h2-9,14,21-22H,1,10-13,15-18H2,(H,24,25);1H. The molecule has 2 fully saturated rings. The third kappa shape index (κ3) is 5.86. The Bertz CT molecular complexity index is 797. The summed E-state index contributed by atoms with van der Waals surface area (Å²) in [6.07, 6.45) is 4.58. The van der Waals surface area contributed by atoms with Crippen LogP contribution in [0.15, 0.2) is 70.8 Å². The van der Waals surface area contributed by atoms with E-state index in [4.69, 9.17) is 14.1 Å². The minimum absolute atomic E-state index is 0. The predicted molar refractivity (Wildman–Crippen MR) is 130 cm³/mol. The number of ether oxygens (including phenoxy) is 1. The van der Waals surface area contributed by atoms with Gasteiger partial charge in [-0.2, -0.15) is 0 Å². The third-order valence-electron chi connectivity index (χ3n) is 5.55. The number of aliphatic imine (C=N–C) groups is 1. The molecule has 0 saturated carbocycles. The van der Waals surface area contributed by atoms with Crippen LogP contribution in [0.2, 0.25) is 0 Å². The lowest BCUT2D eigenvalue weighted by molar-refractivity contribution is -0.0502. The van der Waals surface area contributed by atoms with Crippen LogP contribution in [0.1, 0.15) is 11.3 Å². The summed E-state index contributed by atoms with van der Waals surface area (Å²) in [4.78, 5) is 9.71. The number of rotatable bonds is 7. The number of furan rings is 1. The van der Waals surface area contributed by atoms with Crippen molar-refractivity contribution in [2.24, 2.45) is 4.99 Å². The summed E-state index contributed by atoms with van der Waals surface area (Å²) in [5, 5.41) is 3.42. The molecule has 2 aliphatic heterocycles. The number of hydrogen-bond donors (Lipinski definition) is 1. The fourth-order valence-corrected chi connectivity index (χ4v) is 4.10. The van der Waals surface area contributed by atoms with Gasteiger partial charge in [0.05, 0.1) is 25.0 Å². The van der Waals surface area contributed by atoms with Gasteiger partial charge in [-0.3, -0.25) is 9.89 Å². The first-order valence-electron chi connectivity index (χ1n) is 10.4. The van der Waals surface area contributed by atoms with Crippen molar-refractivity contribution in [2.45, 2.75) is 25.1 Å². The van der Waals surface area contributed by atoms with Gasteiger partial charge in [-0.15, -0.1) is 30.6 Å². The molecule has 2 atom stereocenters. The van der Waals surface area contributed by atoms with Crippen molar-refractivity contribution in [1.82, 2.24) is 15.1 Å². The molecule has 7 heteroatoms. The highest BCUT2D eigenvalue weighted by Crippen LogP contribution is 2.24. The number of hydrogen-bond acceptors (Lipinski definition) is 4. The lowest BCUT2D eigenvalue weighted by atomic mass is 10.1. The van der Waals surface area contributed by atoms with Crippen LogP contribution in [0.4, 0.5) is 0 Å². The lowest BCUT2D eigenvalue weighted by Crippen LogP contribution is -2.50. The SMILES string of the molecule is C=CCNC(=NCCc1ccco1)N1CC2OCCN(Cc3ccccc3)C2C1.I. The van der Waals surface area contributed by atoms with E-state index < -0.39 is 0 Å². The molecule has 3 heterocycles. The quantitative estimate of drug-likeness (QED) is 0.262. The van der Waals surface area contributed by atoms with Crippen molar-refractivity contribution < 1.29 is 9.15 Å². The van der Waals surface area contributed by atoms with Gasteiger partial charge in [0.15, 0.2) is 5.96 Å². The number of halogens is 1. The molecule has 162 valence electrons. The third-order valence-corrected chi connectivity index (χ3v) is 5.55. The first-order valence-corrected chi connectivity index (χ1v) is 10.4. The van der Waals surface area contributed by atoms with Crippen molar-refractivity contribution >= 4 is 29.9 Å². The van der Waals surface area contributed by atoms with Gasteiger partial charge in [0.2, 0.25) is 0 Å². The van der Waals surface area contributed by atoms with Gasteiger partial charge >= 0.3 is 0 Å². The molecular weight excluding hydrogens is 491 g/mol. The number of guanidine groups is 1.